The van der Waals surface area contributed by atoms with Crippen LogP contribution in [-0.2, 0) is 24.1 Å². The van der Waals surface area contributed by atoms with E-state index in [1.807, 2.05) is 0 Å². The standard InChI is InChI=1S/C24H22F4N4O5/c1-23(2,3)37-22(34)32-7-6-31-20(32)10-19(30-21(31)33)35-13-14-4-5-18(17(25)8-14)36-16-9-15(11-29-12-16)24(26,27)28/h4-5,8-12H,6-7,13H2,1-3H3. The van der Waals surface area contributed by atoms with Crippen molar-refractivity contribution in [3.63, 3.8) is 0 Å². The summed E-state index contributed by atoms with van der Waals surface area (Å²) in [5, 5.41) is 0. The molecule has 0 aliphatic carbocycles. The Bertz CT molecular complexity index is 1380. The second kappa shape index (κ2) is 9.71. The number of alkyl halides is 3. The number of ether oxygens (including phenoxy) is 3. The van der Waals surface area contributed by atoms with Gasteiger partial charge in [0.2, 0.25) is 5.88 Å². The van der Waals surface area contributed by atoms with E-state index in [4.69, 9.17) is 14.2 Å². The van der Waals surface area contributed by atoms with Crippen LogP contribution >= 0.6 is 0 Å². The second-order valence-corrected chi connectivity index (χ2v) is 9.08. The Morgan fingerprint density at radius 2 is 1.84 bits per heavy atom. The lowest BCUT2D eigenvalue weighted by Crippen LogP contribution is -2.36. The first kappa shape index (κ1) is 25.9. The summed E-state index contributed by atoms with van der Waals surface area (Å²) in [5.74, 6) is -1.27. The largest absolute Gasteiger partial charge is 0.473 e. The number of benzene rings is 1. The van der Waals surface area contributed by atoms with Crippen LogP contribution in [0.5, 0.6) is 17.4 Å². The van der Waals surface area contributed by atoms with Gasteiger partial charge >= 0.3 is 18.0 Å². The summed E-state index contributed by atoms with van der Waals surface area (Å²) in [6.07, 6.45) is -3.58. The zero-order valence-electron chi connectivity index (χ0n) is 20.0. The average molecular weight is 522 g/mol. The fourth-order valence-electron chi connectivity index (χ4n) is 3.43. The van der Waals surface area contributed by atoms with Gasteiger partial charge in [0.25, 0.3) is 0 Å². The Labute approximate surface area is 208 Å². The average Bonchev–Trinajstić information content (AvgIpc) is 3.23. The lowest BCUT2D eigenvalue weighted by atomic mass is 10.2. The van der Waals surface area contributed by atoms with Crippen LogP contribution in [-0.4, -0.2) is 32.8 Å². The molecular formula is C24H22F4N4O5. The van der Waals surface area contributed by atoms with Crippen molar-refractivity contribution in [3.05, 3.63) is 70.2 Å². The van der Waals surface area contributed by atoms with Crippen LogP contribution in [0, 0.1) is 5.82 Å². The highest BCUT2D eigenvalue weighted by Crippen LogP contribution is 2.33. The number of rotatable bonds is 5. The molecule has 0 bridgehead atoms. The molecule has 0 atom stereocenters. The third-order valence-electron chi connectivity index (χ3n) is 5.05. The maximum absolute atomic E-state index is 14.6. The van der Waals surface area contributed by atoms with Crippen LogP contribution in [0.4, 0.5) is 28.2 Å². The van der Waals surface area contributed by atoms with Gasteiger partial charge in [-0.15, -0.1) is 0 Å². The molecule has 0 unspecified atom stereocenters. The van der Waals surface area contributed by atoms with Crippen molar-refractivity contribution in [1.82, 2.24) is 14.5 Å². The van der Waals surface area contributed by atoms with Gasteiger partial charge in [0.1, 0.15) is 23.8 Å². The first-order chi connectivity index (χ1) is 17.3. The first-order valence-electron chi connectivity index (χ1n) is 11.0. The van der Waals surface area contributed by atoms with E-state index in [2.05, 4.69) is 9.97 Å². The molecule has 9 nitrogen and oxygen atoms in total. The van der Waals surface area contributed by atoms with Crippen molar-refractivity contribution in [1.29, 1.82) is 0 Å². The van der Waals surface area contributed by atoms with Gasteiger partial charge in [0, 0.05) is 25.4 Å². The SMILES string of the molecule is CC(C)(C)OC(=O)N1CCn2c1cc(OCc1ccc(Oc3cncc(C(F)(F)F)c3)c(F)c1)nc2=O. The number of carbonyl (C=O) groups excluding carboxylic acids is 1. The lowest BCUT2D eigenvalue weighted by Gasteiger charge is -2.24. The van der Waals surface area contributed by atoms with Crippen LogP contribution in [0.15, 0.2) is 47.5 Å². The maximum Gasteiger partial charge on any atom is 0.418 e. The van der Waals surface area contributed by atoms with Gasteiger partial charge in [0.15, 0.2) is 11.6 Å². The van der Waals surface area contributed by atoms with Crippen LogP contribution in [0.2, 0.25) is 0 Å². The number of fused-ring (bicyclic) bond motifs is 1. The summed E-state index contributed by atoms with van der Waals surface area (Å²) in [4.78, 5) is 33.5. The highest BCUT2D eigenvalue weighted by atomic mass is 19.4. The molecule has 3 heterocycles. The Kier molecular flexibility index (Phi) is 6.80. The Morgan fingerprint density at radius 1 is 1.08 bits per heavy atom. The molecule has 0 N–H and O–H groups in total. The van der Waals surface area contributed by atoms with Crippen LogP contribution in [0.1, 0.15) is 31.9 Å². The number of hydrogen-bond donors (Lipinski definition) is 0. The Balaban J connectivity index is 1.46. The van der Waals surface area contributed by atoms with Crippen molar-refractivity contribution in [2.24, 2.45) is 0 Å². The minimum absolute atomic E-state index is 0.0810. The summed E-state index contributed by atoms with van der Waals surface area (Å²) < 4.78 is 70.6. The summed E-state index contributed by atoms with van der Waals surface area (Å²) in [6, 6.07) is 5.86. The Morgan fingerprint density at radius 3 is 2.51 bits per heavy atom. The zero-order valence-corrected chi connectivity index (χ0v) is 20.0. The quantitative estimate of drug-likeness (QED) is 0.439. The summed E-state index contributed by atoms with van der Waals surface area (Å²) in [6.45, 7) is 5.45. The molecule has 0 fully saturated rings. The molecule has 196 valence electrons. The van der Waals surface area contributed by atoms with E-state index < -0.39 is 34.9 Å². The molecule has 0 saturated carbocycles. The molecular weight excluding hydrogens is 500 g/mol. The van der Waals surface area contributed by atoms with Crippen LogP contribution in [0.3, 0.4) is 0 Å². The van der Waals surface area contributed by atoms with Crippen molar-refractivity contribution in [3.8, 4) is 17.4 Å². The fraction of sp³-hybridized carbons (Fsp3) is 0.333. The molecule has 1 aliphatic heterocycles. The highest BCUT2D eigenvalue weighted by Gasteiger charge is 2.32. The van der Waals surface area contributed by atoms with Gasteiger partial charge in [-0.1, -0.05) is 6.07 Å². The first-order valence-corrected chi connectivity index (χ1v) is 11.0. The van der Waals surface area contributed by atoms with Gasteiger partial charge in [0.05, 0.1) is 11.8 Å². The predicted octanol–water partition coefficient (Wildman–Crippen LogP) is 4.92. The van der Waals surface area contributed by atoms with Crippen molar-refractivity contribution < 1.29 is 36.6 Å². The smallest absolute Gasteiger partial charge is 0.418 e. The molecule has 37 heavy (non-hydrogen) atoms. The van der Waals surface area contributed by atoms with Gasteiger partial charge < -0.3 is 14.2 Å². The molecule has 4 rings (SSSR count). The number of anilines is 1. The minimum Gasteiger partial charge on any atom is -0.473 e. The molecule has 1 aliphatic rings. The third-order valence-corrected chi connectivity index (χ3v) is 5.05. The summed E-state index contributed by atoms with van der Waals surface area (Å²) in [5.41, 5.74) is -2.05. The van der Waals surface area contributed by atoms with Crippen LogP contribution < -0.4 is 20.1 Å². The lowest BCUT2D eigenvalue weighted by molar-refractivity contribution is -0.137. The number of amides is 1. The summed E-state index contributed by atoms with van der Waals surface area (Å²) >= 11 is 0. The Hall–Kier alpha value is -4.16. The van der Waals surface area contributed by atoms with Crippen molar-refractivity contribution >= 4 is 11.9 Å². The predicted molar refractivity (Wildman–Crippen MR) is 122 cm³/mol. The van der Waals surface area contributed by atoms with Gasteiger partial charge in [-0.2, -0.15) is 18.2 Å². The number of halogens is 4. The molecule has 0 spiro atoms. The minimum atomic E-state index is -4.62. The van der Waals surface area contributed by atoms with E-state index in [9.17, 15) is 27.2 Å². The van der Waals surface area contributed by atoms with E-state index in [0.29, 0.717) is 17.8 Å². The molecule has 13 heteroatoms. The van der Waals surface area contributed by atoms with E-state index in [0.717, 1.165) is 12.3 Å². The van der Waals surface area contributed by atoms with Crippen LogP contribution in [0.25, 0.3) is 0 Å². The number of pyridine rings is 1. The van der Waals surface area contributed by atoms with E-state index in [1.165, 1.54) is 27.7 Å². The second-order valence-electron chi connectivity index (χ2n) is 9.08. The molecule has 1 aromatic carbocycles. The molecule has 1 amide bonds. The zero-order chi connectivity index (χ0) is 27.0. The molecule has 2 aromatic heterocycles. The monoisotopic (exact) mass is 522 g/mol. The van der Waals surface area contributed by atoms with E-state index in [1.54, 1.807) is 20.8 Å². The maximum atomic E-state index is 14.6. The summed E-state index contributed by atoms with van der Waals surface area (Å²) in [7, 11) is 0. The topological polar surface area (TPSA) is 95.8 Å². The number of carbonyl (C=O) groups is 1. The van der Waals surface area contributed by atoms with Gasteiger partial charge in [-0.25, -0.2) is 14.0 Å². The van der Waals surface area contributed by atoms with E-state index in [-0.39, 0.29) is 42.9 Å². The molecule has 0 saturated heterocycles. The number of aromatic nitrogens is 3. The normalized spacial score (nSPS) is 13.3. The highest BCUT2D eigenvalue weighted by molar-refractivity contribution is 5.87. The van der Waals surface area contributed by atoms with Crippen molar-refractivity contribution in [2.45, 2.75) is 45.7 Å². The van der Waals surface area contributed by atoms with Gasteiger partial charge in [-0.05, 0) is 44.5 Å². The molecule has 0 radical (unpaired) electrons. The fourth-order valence-corrected chi connectivity index (χ4v) is 3.43. The number of hydrogen-bond acceptors (Lipinski definition) is 7. The number of nitrogens with zero attached hydrogens (tertiary/aromatic N) is 4. The molecule has 3 aromatic rings. The van der Waals surface area contributed by atoms with Crippen molar-refractivity contribution in [2.75, 3.05) is 11.4 Å². The van der Waals surface area contributed by atoms with E-state index >= 15 is 0 Å². The third kappa shape index (κ3) is 6.16. The van der Waals surface area contributed by atoms with Gasteiger partial charge in [-0.3, -0.25) is 14.5 Å².